The van der Waals surface area contributed by atoms with E-state index in [0.29, 0.717) is 10.1 Å². The number of rotatable bonds is 5. The first kappa shape index (κ1) is 14.6. The Morgan fingerprint density at radius 1 is 1.00 bits per heavy atom. The minimum absolute atomic E-state index is 0.542. The van der Waals surface area contributed by atoms with Crippen molar-refractivity contribution in [1.29, 1.82) is 0 Å². The lowest BCUT2D eigenvalue weighted by molar-refractivity contribution is 0.849. The van der Waals surface area contributed by atoms with Crippen molar-refractivity contribution < 1.29 is 0 Å². The second kappa shape index (κ2) is 7.72. The van der Waals surface area contributed by atoms with Crippen molar-refractivity contribution in [1.82, 2.24) is 10.7 Å². The van der Waals surface area contributed by atoms with Crippen LogP contribution in [0, 0.1) is 0 Å². The zero-order valence-electron chi connectivity index (χ0n) is 10.9. The molecule has 5 heteroatoms. The number of hydrazine groups is 1. The van der Waals surface area contributed by atoms with Crippen LogP contribution >= 0.6 is 23.8 Å². The molecule has 0 amide bonds. The van der Waals surface area contributed by atoms with Crippen LogP contribution in [0.25, 0.3) is 0 Å². The Balaban J connectivity index is 1.70. The molecule has 3 N–H and O–H groups in total. The molecular formula is C15H16ClN3S. The van der Waals surface area contributed by atoms with E-state index in [4.69, 9.17) is 23.8 Å². The van der Waals surface area contributed by atoms with Crippen LogP contribution in [0.1, 0.15) is 5.56 Å². The van der Waals surface area contributed by atoms with Gasteiger partial charge in [0.15, 0.2) is 5.11 Å². The molecule has 0 spiro atoms. The van der Waals surface area contributed by atoms with E-state index in [1.165, 1.54) is 5.56 Å². The number of hydrogen-bond acceptors (Lipinski definition) is 2. The molecule has 0 fully saturated rings. The van der Waals surface area contributed by atoms with Gasteiger partial charge in [-0.2, -0.15) is 0 Å². The van der Waals surface area contributed by atoms with Crippen molar-refractivity contribution in [2.45, 2.75) is 6.42 Å². The quantitative estimate of drug-likeness (QED) is 0.585. The molecule has 20 heavy (non-hydrogen) atoms. The molecule has 0 heterocycles. The van der Waals surface area contributed by atoms with Crippen LogP contribution in [-0.4, -0.2) is 11.7 Å². The Morgan fingerprint density at radius 2 is 1.70 bits per heavy atom. The van der Waals surface area contributed by atoms with Gasteiger partial charge in [0.2, 0.25) is 0 Å². The van der Waals surface area contributed by atoms with Crippen LogP contribution in [-0.2, 0) is 6.42 Å². The predicted octanol–water partition coefficient (Wildman–Crippen LogP) is 3.37. The Bertz CT molecular complexity index is 560. The third-order valence-electron chi connectivity index (χ3n) is 2.73. The molecule has 0 aliphatic rings. The van der Waals surface area contributed by atoms with Gasteiger partial charge in [-0.3, -0.25) is 10.9 Å². The summed E-state index contributed by atoms with van der Waals surface area (Å²) in [7, 11) is 0. The summed E-state index contributed by atoms with van der Waals surface area (Å²) in [5.41, 5.74) is 7.96. The minimum atomic E-state index is 0.542. The van der Waals surface area contributed by atoms with E-state index in [2.05, 4.69) is 28.3 Å². The first-order valence-electron chi connectivity index (χ1n) is 6.34. The minimum Gasteiger partial charge on any atom is -0.361 e. The molecule has 0 saturated carbocycles. The molecule has 0 saturated heterocycles. The van der Waals surface area contributed by atoms with E-state index in [0.717, 1.165) is 18.7 Å². The molecule has 0 aliphatic heterocycles. The van der Waals surface area contributed by atoms with Gasteiger partial charge in [0.1, 0.15) is 0 Å². The maximum atomic E-state index is 6.03. The highest BCUT2D eigenvalue weighted by Gasteiger charge is 1.99. The molecule has 2 aromatic rings. The summed E-state index contributed by atoms with van der Waals surface area (Å²) in [4.78, 5) is 0. The second-order valence-electron chi connectivity index (χ2n) is 4.22. The normalized spacial score (nSPS) is 9.85. The molecule has 3 nitrogen and oxygen atoms in total. The predicted molar refractivity (Wildman–Crippen MR) is 89.0 cm³/mol. The first-order chi connectivity index (χ1) is 9.75. The lowest BCUT2D eigenvalue weighted by Gasteiger charge is -2.13. The van der Waals surface area contributed by atoms with Gasteiger partial charge in [-0.25, -0.2) is 0 Å². The van der Waals surface area contributed by atoms with Crippen molar-refractivity contribution in [3.8, 4) is 0 Å². The van der Waals surface area contributed by atoms with E-state index in [1.807, 2.05) is 42.5 Å². The zero-order valence-corrected chi connectivity index (χ0v) is 12.5. The SMILES string of the molecule is S=C(NCCc1ccccc1)NNc1ccccc1Cl. The highest BCUT2D eigenvalue weighted by atomic mass is 35.5. The average molecular weight is 306 g/mol. The van der Waals surface area contributed by atoms with E-state index in [1.54, 1.807) is 0 Å². The van der Waals surface area contributed by atoms with Crippen molar-refractivity contribution >= 4 is 34.6 Å². The van der Waals surface area contributed by atoms with Crippen LogP contribution in [0.5, 0.6) is 0 Å². The maximum Gasteiger partial charge on any atom is 0.185 e. The van der Waals surface area contributed by atoms with Crippen LogP contribution in [0.3, 0.4) is 0 Å². The van der Waals surface area contributed by atoms with Crippen LogP contribution < -0.4 is 16.2 Å². The summed E-state index contributed by atoms with van der Waals surface area (Å²) >= 11 is 11.2. The number of anilines is 1. The van der Waals surface area contributed by atoms with Gasteiger partial charge < -0.3 is 5.32 Å². The zero-order chi connectivity index (χ0) is 14.2. The van der Waals surface area contributed by atoms with Gasteiger partial charge in [-0.05, 0) is 36.3 Å². The number of hydrogen-bond donors (Lipinski definition) is 3. The third-order valence-corrected chi connectivity index (χ3v) is 3.30. The van der Waals surface area contributed by atoms with E-state index in [-0.39, 0.29) is 0 Å². The van der Waals surface area contributed by atoms with Gasteiger partial charge in [-0.15, -0.1) is 0 Å². The summed E-state index contributed by atoms with van der Waals surface area (Å²) in [5, 5.41) is 4.32. The van der Waals surface area contributed by atoms with Crippen molar-refractivity contribution in [2.24, 2.45) is 0 Å². The molecule has 0 aromatic heterocycles. The number of benzene rings is 2. The average Bonchev–Trinajstić information content (AvgIpc) is 2.47. The van der Waals surface area contributed by atoms with Crippen molar-refractivity contribution in [2.75, 3.05) is 12.0 Å². The van der Waals surface area contributed by atoms with E-state index >= 15 is 0 Å². The molecular weight excluding hydrogens is 290 g/mol. The number of para-hydroxylation sites is 1. The van der Waals surface area contributed by atoms with Crippen LogP contribution in [0.2, 0.25) is 5.02 Å². The Hall–Kier alpha value is -1.78. The summed E-state index contributed by atoms with van der Waals surface area (Å²) in [5.74, 6) is 0. The molecule has 0 atom stereocenters. The van der Waals surface area contributed by atoms with E-state index in [9.17, 15) is 0 Å². The number of thiocarbonyl (C=S) groups is 1. The number of halogens is 1. The maximum absolute atomic E-state index is 6.03. The van der Waals surface area contributed by atoms with Crippen molar-refractivity contribution in [3.63, 3.8) is 0 Å². The highest BCUT2D eigenvalue weighted by Crippen LogP contribution is 2.19. The second-order valence-corrected chi connectivity index (χ2v) is 5.04. The smallest absolute Gasteiger partial charge is 0.185 e. The largest absolute Gasteiger partial charge is 0.361 e. The fourth-order valence-electron chi connectivity index (χ4n) is 1.70. The molecule has 2 aromatic carbocycles. The summed E-state index contributed by atoms with van der Waals surface area (Å²) in [6.07, 6.45) is 0.925. The molecule has 2 rings (SSSR count). The Morgan fingerprint density at radius 3 is 2.45 bits per heavy atom. The lowest BCUT2D eigenvalue weighted by Crippen LogP contribution is -2.39. The molecule has 104 valence electrons. The fourth-order valence-corrected chi connectivity index (χ4v) is 2.03. The fraction of sp³-hybridized carbons (Fsp3) is 0.133. The molecule has 0 bridgehead atoms. The van der Waals surface area contributed by atoms with Gasteiger partial charge in [0, 0.05) is 6.54 Å². The first-order valence-corrected chi connectivity index (χ1v) is 7.12. The monoisotopic (exact) mass is 305 g/mol. The standard InChI is InChI=1S/C15H16ClN3S/c16-13-8-4-5-9-14(13)18-19-15(20)17-11-10-12-6-2-1-3-7-12/h1-9,18H,10-11H2,(H2,17,19,20). The lowest BCUT2D eigenvalue weighted by atomic mass is 10.1. The van der Waals surface area contributed by atoms with Gasteiger partial charge in [-0.1, -0.05) is 54.1 Å². The van der Waals surface area contributed by atoms with Gasteiger partial charge in [0.05, 0.1) is 10.7 Å². The summed E-state index contributed by atoms with van der Waals surface area (Å²) < 4.78 is 0. The van der Waals surface area contributed by atoms with Gasteiger partial charge in [0.25, 0.3) is 0 Å². The third kappa shape index (κ3) is 4.72. The number of nitrogens with one attached hydrogen (secondary N) is 3. The summed E-state index contributed by atoms with van der Waals surface area (Å²) in [6, 6.07) is 17.7. The van der Waals surface area contributed by atoms with Crippen LogP contribution in [0.4, 0.5) is 5.69 Å². The van der Waals surface area contributed by atoms with Gasteiger partial charge >= 0.3 is 0 Å². The highest BCUT2D eigenvalue weighted by molar-refractivity contribution is 7.80. The molecule has 0 unspecified atom stereocenters. The Kier molecular flexibility index (Phi) is 5.65. The van der Waals surface area contributed by atoms with Crippen LogP contribution in [0.15, 0.2) is 54.6 Å². The van der Waals surface area contributed by atoms with Crippen molar-refractivity contribution in [3.05, 3.63) is 65.2 Å². The molecule has 0 aliphatic carbocycles. The Labute approximate surface area is 129 Å². The topological polar surface area (TPSA) is 36.1 Å². The summed E-state index contributed by atoms with van der Waals surface area (Å²) in [6.45, 7) is 0.778. The molecule has 0 radical (unpaired) electrons. The van der Waals surface area contributed by atoms with E-state index < -0.39 is 0 Å².